The maximum absolute atomic E-state index is 13.2. The van der Waals surface area contributed by atoms with E-state index in [1.54, 1.807) is 16.8 Å². The summed E-state index contributed by atoms with van der Waals surface area (Å²) in [6.07, 6.45) is 0.664. The van der Waals surface area contributed by atoms with Crippen LogP contribution in [0, 0.1) is 12.7 Å². The second-order valence-electron chi connectivity index (χ2n) is 4.70. The molecule has 1 atom stereocenters. The van der Waals surface area contributed by atoms with Crippen molar-refractivity contribution in [3.05, 3.63) is 51.0 Å². The molecule has 2 aromatic rings. The number of nitrogens with zero attached hydrogens (tertiary/aromatic N) is 2. The standard InChI is InChI=1S/C14H16Cl2FN3/c1-8-10(14(16)20(3)19-8)7-13(18-2)9-4-5-12(17)11(15)6-9/h4-6,13,18H,7H2,1-3H3. The maximum atomic E-state index is 13.2. The van der Waals surface area contributed by atoms with E-state index in [0.29, 0.717) is 11.6 Å². The highest BCUT2D eigenvalue weighted by Crippen LogP contribution is 2.27. The lowest BCUT2D eigenvalue weighted by atomic mass is 9.99. The van der Waals surface area contributed by atoms with E-state index in [4.69, 9.17) is 23.2 Å². The third-order valence-corrected chi connectivity index (χ3v) is 4.13. The van der Waals surface area contributed by atoms with Gasteiger partial charge in [0.1, 0.15) is 11.0 Å². The Balaban J connectivity index is 2.31. The molecule has 0 aliphatic carbocycles. The molecule has 0 spiro atoms. The quantitative estimate of drug-likeness (QED) is 0.932. The van der Waals surface area contributed by atoms with E-state index in [2.05, 4.69) is 10.4 Å². The summed E-state index contributed by atoms with van der Waals surface area (Å²) in [7, 11) is 3.66. The van der Waals surface area contributed by atoms with Crippen LogP contribution in [0.5, 0.6) is 0 Å². The van der Waals surface area contributed by atoms with Crippen LogP contribution in [0.4, 0.5) is 4.39 Å². The number of benzene rings is 1. The molecule has 0 saturated carbocycles. The lowest BCUT2D eigenvalue weighted by Crippen LogP contribution is -2.19. The molecule has 0 saturated heterocycles. The minimum Gasteiger partial charge on any atom is -0.313 e. The number of halogens is 3. The highest BCUT2D eigenvalue weighted by atomic mass is 35.5. The highest BCUT2D eigenvalue weighted by molar-refractivity contribution is 6.31. The SMILES string of the molecule is CNC(Cc1c(C)nn(C)c1Cl)c1ccc(F)c(Cl)c1. The molecular formula is C14H16Cl2FN3. The van der Waals surface area contributed by atoms with Crippen molar-refractivity contribution in [1.82, 2.24) is 15.1 Å². The summed E-state index contributed by atoms with van der Waals surface area (Å²) in [5, 5.41) is 8.24. The van der Waals surface area contributed by atoms with Gasteiger partial charge in [-0.05, 0) is 38.1 Å². The van der Waals surface area contributed by atoms with Crippen LogP contribution in [-0.4, -0.2) is 16.8 Å². The number of hydrogen-bond acceptors (Lipinski definition) is 2. The van der Waals surface area contributed by atoms with E-state index in [9.17, 15) is 4.39 Å². The van der Waals surface area contributed by atoms with E-state index in [-0.39, 0.29) is 11.1 Å². The Morgan fingerprint density at radius 3 is 2.60 bits per heavy atom. The molecule has 108 valence electrons. The van der Waals surface area contributed by atoms with Gasteiger partial charge in [-0.1, -0.05) is 29.3 Å². The van der Waals surface area contributed by atoms with E-state index in [1.165, 1.54) is 6.07 Å². The summed E-state index contributed by atoms with van der Waals surface area (Å²) < 4.78 is 14.9. The molecule has 1 N–H and O–H groups in total. The zero-order valence-electron chi connectivity index (χ0n) is 11.5. The molecule has 1 heterocycles. The molecule has 3 nitrogen and oxygen atoms in total. The van der Waals surface area contributed by atoms with Gasteiger partial charge < -0.3 is 5.32 Å². The van der Waals surface area contributed by atoms with Crippen molar-refractivity contribution >= 4 is 23.2 Å². The van der Waals surface area contributed by atoms with Gasteiger partial charge in [0.2, 0.25) is 0 Å². The van der Waals surface area contributed by atoms with Crippen molar-refractivity contribution in [2.45, 2.75) is 19.4 Å². The minimum absolute atomic E-state index is 0.00602. The van der Waals surface area contributed by atoms with Gasteiger partial charge in [0.25, 0.3) is 0 Å². The molecule has 0 amide bonds. The van der Waals surface area contributed by atoms with E-state index in [1.807, 2.05) is 21.0 Å². The van der Waals surface area contributed by atoms with E-state index < -0.39 is 5.82 Å². The molecule has 1 aromatic heterocycles. The van der Waals surface area contributed by atoms with Gasteiger partial charge in [-0.2, -0.15) is 5.10 Å². The van der Waals surface area contributed by atoms with Gasteiger partial charge in [-0.3, -0.25) is 4.68 Å². The third kappa shape index (κ3) is 2.97. The van der Waals surface area contributed by atoms with Crippen molar-refractivity contribution < 1.29 is 4.39 Å². The zero-order valence-corrected chi connectivity index (χ0v) is 13.1. The Kier molecular flexibility index (Phi) is 4.68. The van der Waals surface area contributed by atoms with Gasteiger partial charge in [0.15, 0.2) is 0 Å². The summed E-state index contributed by atoms with van der Waals surface area (Å²) in [4.78, 5) is 0. The molecule has 0 aliphatic heterocycles. The number of hydrogen-bond donors (Lipinski definition) is 1. The van der Waals surface area contributed by atoms with E-state index >= 15 is 0 Å². The molecule has 20 heavy (non-hydrogen) atoms. The molecule has 0 fully saturated rings. The summed E-state index contributed by atoms with van der Waals surface area (Å²) >= 11 is 12.1. The fourth-order valence-electron chi connectivity index (χ4n) is 2.23. The average molecular weight is 316 g/mol. The maximum Gasteiger partial charge on any atom is 0.141 e. The molecule has 1 aromatic carbocycles. The Hall–Kier alpha value is -1.10. The van der Waals surface area contributed by atoms with Crippen LogP contribution in [0.25, 0.3) is 0 Å². The van der Waals surface area contributed by atoms with E-state index in [0.717, 1.165) is 16.8 Å². The highest BCUT2D eigenvalue weighted by Gasteiger charge is 2.18. The van der Waals surface area contributed by atoms with Crippen molar-refractivity contribution in [2.24, 2.45) is 7.05 Å². The van der Waals surface area contributed by atoms with Crippen LogP contribution in [-0.2, 0) is 13.5 Å². The van der Waals surface area contributed by atoms with Crippen molar-refractivity contribution in [3.8, 4) is 0 Å². The normalized spacial score (nSPS) is 12.7. The largest absolute Gasteiger partial charge is 0.313 e. The molecule has 2 rings (SSSR count). The first-order chi connectivity index (χ1) is 9.43. The first kappa shape index (κ1) is 15.3. The molecule has 1 unspecified atom stereocenters. The summed E-state index contributed by atoms with van der Waals surface area (Å²) in [5.41, 5.74) is 2.79. The Morgan fingerprint density at radius 1 is 1.40 bits per heavy atom. The second kappa shape index (κ2) is 6.12. The molecular weight excluding hydrogens is 300 g/mol. The Labute approximate surface area is 127 Å². The summed E-state index contributed by atoms with van der Waals surface area (Å²) in [6, 6.07) is 4.73. The lowest BCUT2D eigenvalue weighted by molar-refractivity contribution is 0.585. The van der Waals surface area contributed by atoms with Gasteiger partial charge in [0, 0.05) is 18.7 Å². The number of rotatable bonds is 4. The summed E-state index contributed by atoms with van der Waals surface area (Å²) in [5.74, 6) is -0.416. The third-order valence-electron chi connectivity index (χ3n) is 3.37. The predicted octanol–water partition coefficient (Wildman–Crippen LogP) is 3.68. The Morgan fingerprint density at radius 2 is 2.10 bits per heavy atom. The number of aryl methyl sites for hydroxylation is 2. The average Bonchev–Trinajstić information content (AvgIpc) is 2.65. The van der Waals surface area contributed by atoms with Crippen LogP contribution in [0.2, 0.25) is 10.2 Å². The van der Waals surface area contributed by atoms with Crippen LogP contribution < -0.4 is 5.32 Å². The first-order valence-electron chi connectivity index (χ1n) is 6.24. The van der Waals surface area contributed by atoms with Crippen LogP contribution in [0.15, 0.2) is 18.2 Å². The monoisotopic (exact) mass is 315 g/mol. The molecule has 0 aliphatic rings. The fourth-order valence-corrected chi connectivity index (χ4v) is 2.67. The topological polar surface area (TPSA) is 29.9 Å². The van der Waals surface area contributed by atoms with Crippen LogP contribution in [0.1, 0.15) is 22.9 Å². The second-order valence-corrected chi connectivity index (χ2v) is 5.46. The van der Waals surface area contributed by atoms with Gasteiger partial charge >= 0.3 is 0 Å². The Bertz CT molecular complexity index is 625. The first-order valence-corrected chi connectivity index (χ1v) is 6.99. The molecule has 0 bridgehead atoms. The number of aromatic nitrogens is 2. The van der Waals surface area contributed by atoms with Crippen LogP contribution >= 0.6 is 23.2 Å². The number of nitrogens with one attached hydrogen (secondary N) is 1. The lowest BCUT2D eigenvalue weighted by Gasteiger charge is -2.17. The smallest absolute Gasteiger partial charge is 0.141 e. The van der Waals surface area contributed by atoms with Crippen molar-refractivity contribution in [3.63, 3.8) is 0 Å². The molecule has 6 heteroatoms. The van der Waals surface area contributed by atoms with Gasteiger partial charge in [0.05, 0.1) is 10.7 Å². The zero-order chi connectivity index (χ0) is 14.9. The summed E-state index contributed by atoms with van der Waals surface area (Å²) in [6.45, 7) is 1.92. The van der Waals surface area contributed by atoms with Crippen LogP contribution in [0.3, 0.4) is 0 Å². The van der Waals surface area contributed by atoms with Gasteiger partial charge in [-0.15, -0.1) is 0 Å². The van der Waals surface area contributed by atoms with Crippen molar-refractivity contribution in [1.29, 1.82) is 0 Å². The van der Waals surface area contributed by atoms with Crippen molar-refractivity contribution in [2.75, 3.05) is 7.05 Å². The minimum atomic E-state index is -0.416. The molecule has 0 radical (unpaired) electrons. The predicted molar refractivity (Wildman–Crippen MR) is 79.9 cm³/mol. The fraction of sp³-hybridized carbons (Fsp3) is 0.357. The number of likely N-dealkylation sites (N-methyl/N-ethyl adjacent to an activating group) is 1. The van der Waals surface area contributed by atoms with Gasteiger partial charge in [-0.25, -0.2) is 4.39 Å².